The van der Waals surface area contributed by atoms with Crippen molar-refractivity contribution in [2.75, 3.05) is 13.2 Å². The lowest BCUT2D eigenvalue weighted by atomic mass is 10.0. The molecule has 5 rings (SSSR count). The zero-order valence-corrected chi connectivity index (χ0v) is 15.5. The maximum atomic E-state index is 5.78. The number of fused-ring (bicyclic) bond motifs is 1. The molecule has 0 saturated carbocycles. The van der Waals surface area contributed by atoms with E-state index in [1.165, 1.54) is 55.0 Å². The van der Waals surface area contributed by atoms with Crippen molar-refractivity contribution in [2.45, 2.75) is 70.1 Å². The number of aryl methyl sites for hydroxylation is 2. The number of thiazole rings is 1. The summed E-state index contributed by atoms with van der Waals surface area (Å²) in [7, 11) is 0. The van der Waals surface area contributed by atoms with Crippen molar-refractivity contribution in [1.29, 1.82) is 0 Å². The van der Waals surface area contributed by atoms with Gasteiger partial charge in [-0.2, -0.15) is 0 Å². The summed E-state index contributed by atoms with van der Waals surface area (Å²) in [5.74, 6) is 1.19. The van der Waals surface area contributed by atoms with Gasteiger partial charge in [-0.3, -0.25) is 4.90 Å². The lowest BCUT2D eigenvalue weighted by molar-refractivity contribution is 0.111. The molecule has 0 bridgehead atoms. The smallest absolute Gasteiger partial charge is 0.124 e. The maximum absolute atomic E-state index is 5.78. The molecule has 2 aromatic rings. The maximum Gasteiger partial charge on any atom is 0.124 e. The zero-order valence-electron chi connectivity index (χ0n) is 14.7. The molecule has 2 aromatic heterocycles. The molecule has 2 saturated heterocycles. The molecule has 0 spiro atoms. The average molecular weight is 359 g/mol. The van der Waals surface area contributed by atoms with E-state index in [1.807, 2.05) is 0 Å². The second-order valence-electron chi connectivity index (χ2n) is 7.56. The summed E-state index contributed by atoms with van der Waals surface area (Å²) < 4.78 is 5.78. The van der Waals surface area contributed by atoms with Gasteiger partial charge in [0.15, 0.2) is 0 Å². The molecule has 4 heterocycles. The molecular formula is C19H26N4OS. The van der Waals surface area contributed by atoms with E-state index in [4.69, 9.17) is 14.7 Å². The Morgan fingerprint density at radius 3 is 3.00 bits per heavy atom. The SMILES string of the molecule is c1sc([C@@H]2CCCO2)nc1CN1CCC[C@@H]1c1nc2c([nH]1)CCCC2. The molecule has 0 radical (unpaired) electrons. The van der Waals surface area contributed by atoms with Gasteiger partial charge in [0, 0.05) is 24.2 Å². The van der Waals surface area contributed by atoms with E-state index in [1.54, 1.807) is 11.3 Å². The van der Waals surface area contributed by atoms with Crippen LogP contribution in [0.15, 0.2) is 5.38 Å². The highest BCUT2D eigenvalue weighted by Crippen LogP contribution is 2.35. The van der Waals surface area contributed by atoms with Crippen molar-refractivity contribution in [3.8, 4) is 0 Å². The number of nitrogens with one attached hydrogen (secondary N) is 1. The van der Waals surface area contributed by atoms with Crippen molar-refractivity contribution < 1.29 is 4.74 Å². The van der Waals surface area contributed by atoms with Crippen LogP contribution in [0.1, 0.15) is 78.6 Å². The second-order valence-corrected chi connectivity index (χ2v) is 8.45. The number of rotatable bonds is 4. The molecule has 1 N–H and O–H groups in total. The fourth-order valence-electron chi connectivity index (χ4n) is 4.48. The second kappa shape index (κ2) is 6.82. The molecule has 134 valence electrons. The number of hydrogen-bond donors (Lipinski definition) is 1. The van der Waals surface area contributed by atoms with Crippen LogP contribution in [0.2, 0.25) is 0 Å². The lowest BCUT2D eigenvalue weighted by Crippen LogP contribution is -2.23. The molecule has 0 unspecified atom stereocenters. The van der Waals surface area contributed by atoms with Gasteiger partial charge in [0.05, 0.1) is 17.4 Å². The zero-order chi connectivity index (χ0) is 16.6. The number of imidazole rings is 1. The minimum atomic E-state index is 0.241. The van der Waals surface area contributed by atoms with E-state index in [-0.39, 0.29) is 6.10 Å². The normalized spacial score (nSPS) is 27.0. The summed E-state index contributed by atoms with van der Waals surface area (Å²) >= 11 is 1.76. The van der Waals surface area contributed by atoms with Gasteiger partial charge >= 0.3 is 0 Å². The molecule has 6 heteroatoms. The quantitative estimate of drug-likeness (QED) is 0.900. The Kier molecular flexibility index (Phi) is 4.36. The van der Waals surface area contributed by atoms with Crippen LogP contribution in [-0.4, -0.2) is 33.0 Å². The van der Waals surface area contributed by atoms with Crippen molar-refractivity contribution >= 4 is 11.3 Å². The van der Waals surface area contributed by atoms with Crippen LogP contribution in [0.5, 0.6) is 0 Å². The third-order valence-electron chi connectivity index (χ3n) is 5.79. The Bertz CT molecular complexity index is 710. The Morgan fingerprint density at radius 1 is 1.16 bits per heavy atom. The number of hydrogen-bond acceptors (Lipinski definition) is 5. The van der Waals surface area contributed by atoms with Crippen molar-refractivity contribution in [1.82, 2.24) is 19.9 Å². The van der Waals surface area contributed by atoms with Crippen LogP contribution < -0.4 is 0 Å². The van der Waals surface area contributed by atoms with Gasteiger partial charge in [-0.15, -0.1) is 11.3 Å². The highest BCUT2D eigenvalue weighted by atomic mass is 32.1. The Morgan fingerprint density at radius 2 is 2.12 bits per heavy atom. The first-order valence-corrected chi connectivity index (χ1v) is 10.6. The summed E-state index contributed by atoms with van der Waals surface area (Å²) in [6.45, 7) is 2.96. The number of aromatic nitrogens is 3. The topological polar surface area (TPSA) is 54.0 Å². The minimum Gasteiger partial charge on any atom is -0.371 e. The van der Waals surface area contributed by atoms with Gasteiger partial charge in [-0.25, -0.2) is 9.97 Å². The summed E-state index contributed by atoms with van der Waals surface area (Å²) in [6, 6.07) is 0.429. The summed E-state index contributed by atoms with van der Waals surface area (Å²) in [5.41, 5.74) is 3.91. The molecule has 1 aliphatic carbocycles. The van der Waals surface area contributed by atoms with Crippen LogP contribution in [0.25, 0.3) is 0 Å². The van der Waals surface area contributed by atoms with E-state index in [9.17, 15) is 0 Å². The average Bonchev–Trinajstić information content (AvgIpc) is 3.41. The summed E-state index contributed by atoms with van der Waals surface area (Å²) in [4.78, 5) is 16.0. The highest BCUT2D eigenvalue weighted by Gasteiger charge is 2.30. The third kappa shape index (κ3) is 3.15. The molecule has 5 nitrogen and oxygen atoms in total. The molecule has 0 amide bonds. The van der Waals surface area contributed by atoms with Gasteiger partial charge in [-0.1, -0.05) is 0 Å². The van der Waals surface area contributed by atoms with Gasteiger partial charge < -0.3 is 9.72 Å². The van der Waals surface area contributed by atoms with E-state index in [0.717, 1.165) is 44.0 Å². The van der Waals surface area contributed by atoms with Crippen molar-refractivity contribution in [3.05, 3.63) is 33.3 Å². The van der Waals surface area contributed by atoms with Crippen LogP contribution in [0, 0.1) is 0 Å². The molecule has 2 atom stereocenters. The van der Waals surface area contributed by atoms with Gasteiger partial charge in [-0.05, 0) is 57.9 Å². The first-order valence-electron chi connectivity index (χ1n) is 9.74. The molecular weight excluding hydrogens is 332 g/mol. The summed E-state index contributed by atoms with van der Waals surface area (Å²) in [6.07, 6.45) is 9.89. The van der Waals surface area contributed by atoms with Crippen LogP contribution in [-0.2, 0) is 24.1 Å². The molecule has 25 heavy (non-hydrogen) atoms. The molecule has 3 aliphatic rings. The van der Waals surface area contributed by atoms with Gasteiger partial charge in [0.1, 0.15) is 16.9 Å². The van der Waals surface area contributed by atoms with Crippen LogP contribution >= 0.6 is 11.3 Å². The van der Waals surface area contributed by atoms with Gasteiger partial charge in [0.2, 0.25) is 0 Å². The fourth-order valence-corrected chi connectivity index (χ4v) is 5.37. The van der Waals surface area contributed by atoms with Gasteiger partial charge in [0.25, 0.3) is 0 Å². The number of ether oxygens (including phenoxy) is 1. The Labute approximate surface area is 152 Å². The van der Waals surface area contributed by atoms with Crippen LogP contribution in [0.3, 0.4) is 0 Å². The number of likely N-dealkylation sites (tertiary alicyclic amines) is 1. The number of aromatic amines is 1. The highest BCUT2D eigenvalue weighted by molar-refractivity contribution is 7.09. The van der Waals surface area contributed by atoms with E-state index >= 15 is 0 Å². The standard InChI is InChI=1S/C19H26N4OS/c1-2-6-15-14(5-1)21-18(22-15)16-7-3-9-23(16)11-13-12-25-19(20-13)17-8-4-10-24-17/h12,16-17H,1-11H2,(H,21,22)/t16-,17+/m1/s1. The third-order valence-corrected chi connectivity index (χ3v) is 6.78. The van der Waals surface area contributed by atoms with Crippen molar-refractivity contribution in [3.63, 3.8) is 0 Å². The first-order chi connectivity index (χ1) is 12.4. The van der Waals surface area contributed by atoms with Crippen molar-refractivity contribution in [2.24, 2.45) is 0 Å². The molecule has 2 fully saturated rings. The predicted octanol–water partition coefficient (Wildman–Crippen LogP) is 3.93. The largest absolute Gasteiger partial charge is 0.371 e. The number of nitrogens with zero attached hydrogens (tertiary/aromatic N) is 3. The monoisotopic (exact) mass is 358 g/mol. The minimum absolute atomic E-state index is 0.241. The lowest BCUT2D eigenvalue weighted by Gasteiger charge is -2.21. The van der Waals surface area contributed by atoms with E-state index < -0.39 is 0 Å². The molecule has 2 aliphatic heterocycles. The Balaban J connectivity index is 1.30. The Hall–Kier alpha value is -1.24. The predicted molar refractivity (Wildman–Crippen MR) is 97.7 cm³/mol. The number of H-pyrrole nitrogens is 1. The van der Waals surface area contributed by atoms with Crippen LogP contribution in [0.4, 0.5) is 0 Å². The first kappa shape index (κ1) is 16.0. The van der Waals surface area contributed by atoms with E-state index in [2.05, 4.69) is 15.3 Å². The fraction of sp³-hybridized carbons (Fsp3) is 0.684. The molecule has 0 aromatic carbocycles. The van der Waals surface area contributed by atoms with E-state index in [0.29, 0.717) is 6.04 Å². The summed E-state index contributed by atoms with van der Waals surface area (Å²) in [5, 5.41) is 3.39.